The Kier molecular flexibility index (Phi) is 5.30. The molecular weight excluding hydrogens is 318 g/mol. The highest BCUT2D eigenvalue weighted by Crippen LogP contribution is 2.15. The quantitative estimate of drug-likeness (QED) is 0.617. The zero-order valence-electron chi connectivity index (χ0n) is 12.5. The van der Waals surface area contributed by atoms with Gasteiger partial charge < -0.3 is 4.90 Å². The van der Waals surface area contributed by atoms with E-state index in [0.717, 1.165) is 5.69 Å². The number of sulfonamides is 1. The second-order valence-electron chi connectivity index (χ2n) is 4.91. The minimum absolute atomic E-state index is 0.00506. The molecule has 0 saturated carbocycles. The number of nitro groups is 1. The largest absolute Gasteiger partial charge is 0.373 e. The van der Waals surface area contributed by atoms with Crippen LogP contribution < -0.4 is 9.62 Å². The van der Waals surface area contributed by atoms with Crippen molar-refractivity contribution in [3.63, 3.8) is 0 Å². The Labute approximate surface area is 134 Å². The molecule has 8 heteroatoms. The van der Waals surface area contributed by atoms with Gasteiger partial charge in [0.15, 0.2) is 0 Å². The first-order chi connectivity index (χ1) is 10.9. The predicted octanol–water partition coefficient (Wildman–Crippen LogP) is 2.01. The minimum atomic E-state index is -3.68. The van der Waals surface area contributed by atoms with Gasteiger partial charge in [-0.2, -0.15) is 0 Å². The molecule has 0 saturated heterocycles. The fraction of sp³-hybridized carbons (Fsp3) is 0.200. The van der Waals surface area contributed by atoms with Gasteiger partial charge in [-0.3, -0.25) is 10.1 Å². The van der Waals surface area contributed by atoms with Gasteiger partial charge >= 0.3 is 0 Å². The third-order valence-electron chi connectivity index (χ3n) is 3.29. The Balaban J connectivity index is 1.95. The fourth-order valence-corrected chi connectivity index (χ4v) is 3.01. The number of nitro benzene ring substituents is 1. The Morgan fingerprint density at radius 2 is 1.70 bits per heavy atom. The number of nitrogens with one attached hydrogen (secondary N) is 1. The molecule has 0 bridgehead atoms. The first kappa shape index (κ1) is 16.9. The summed E-state index contributed by atoms with van der Waals surface area (Å²) in [6.07, 6.45) is 0. The summed E-state index contributed by atoms with van der Waals surface area (Å²) in [6, 6.07) is 14.4. The molecular formula is C15H17N3O4S. The molecule has 0 aliphatic heterocycles. The molecule has 0 fully saturated rings. The molecule has 0 atom stereocenters. The van der Waals surface area contributed by atoms with E-state index < -0.39 is 14.9 Å². The van der Waals surface area contributed by atoms with Crippen LogP contribution in [-0.2, 0) is 10.0 Å². The van der Waals surface area contributed by atoms with Gasteiger partial charge in [-0.1, -0.05) is 18.2 Å². The molecule has 0 aliphatic rings. The maximum atomic E-state index is 12.1. The molecule has 23 heavy (non-hydrogen) atoms. The topological polar surface area (TPSA) is 92.6 Å². The molecule has 2 rings (SSSR count). The van der Waals surface area contributed by atoms with Crippen LogP contribution in [0.3, 0.4) is 0 Å². The second-order valence-corrected chi connectivity index (χ2v) is 6.67. The molecule has 0 spiro atoms. The number of benzene rings is 2. The zero-order chi connectivity index (χ0) is 16.9. The van der Waals surface area contributed by atoms with Crippen LogP contribution in [0.2, 0.25) is 0 Å². The van der Waals surface area contributed by atoms with E-state index in [4.69, 9.17) is 0 Å². The average molecular weight is 335 g/mol. The van der Waals surface area contributed by atoms with Crippen molar-refractivity contribution in [2.75, 3.05) is 25.0 Å². The highest BCUT2D eigenvalue weighted by Gasteiger charge is 2.15. The maximum absolute atomic E-state index is 12.1. The first-order valence-electron chi connectivity index (χ1n) is 6.90. The molecule has 2 aromatic rings. The summed E-state index contributed by atoms with van der Waals surface area (Å²) in [4.78, 5) is 11.9. The minimum Gasteiger partial charge on any atom is -0.373 e. The highest BCUT2D eigenvalue weighted by molar-refractivity contribution is 7.89. The van der Waals surface area contributed by atoms with E-state index in [1.165, 1.54) is 24.3 Å². The molecule has 0 amide bonds. The average Bonchev–Trinajstić information content (AvgIpc) is 2.55. The lowest BCUT2D eigenvalue weighted by Crippen LogP contribution is -2.33. The Morgan fingerprint density at radius 3 is 2.26 bits per heavy atom. The lowest BCUT2D eigenvalue weighted by molar-refractivity contribution is -0.384. The van der Waals surface area contributed by atoms with Crippen LogP contribution in [0.4, 0.5) is 11.4 Å². The smallest absolute Gasteiger partial charge is 0.269 e. The number of para-hydroxylation sites is 1. The number of non-ortho nitro benzene ring substituents is 1. The van der Waals surface area contributed by atoms with Crippen LogP contribution in [0.15, 0.2) is 59.5 Å². The summed E-state index contributed by atoms with van der Waals surface area (Å²) >= 11 is 0. The van der Waals surface area contributed by atoms with Crippen molar-refractivity contribution in [3.05, 3.63) is 64.7 Å². The summed E-state index contributed by atoms with van der Waals surface area (Å²) in [7, 11) is -1.81. The lowest BCUT2D eigenvalue weighted by atomic mass is 10.3. The molecule has 0 heterocycles. The van der Waals surface area contributed by atoms with Crippen molar-refractivity contribution >= 4 is 21.4 Å². The molecule has 122 valence electrons. The lowest BCUT2D eigenvalue weighted by Gasteiger charge is -2.19. The Morgan fingerprint density at radius 1 is 1.09 bits per heavy atom. The summed E-state index contributed by atoms with van der Waals surface area (Å²) in [5, 5.41) is 10.6. The number of anilines is 1. The van der Waals surface area contributed by atoms with Crippen molar-refractivity contribution in [1.29, 1.82) is 0 Å². The highest BCUT2D eigenvalue weighted by atomic mass is 32.2. The Bertz CT molecular complexity index is 761. The third kappa shape index (κ3) is 4.51. The standard InChI is InChI=1S/C15H17N3O4S/c1-17(13-5-3-2-4-6-13)12-11-16-23(21,22)15-9-7-14(8-10-15)18(19)20/h2-10,16H,11-12H2,1H3. The van der Waals surface area contributed by atoms with Crippen molar-refractivity contribution in [3.8, 4) is 0 Å². The van der Waals surface area contributed by atoms with Gasteiger partial charge in [-0.05, 0) is 24.3 Å². The molecule has 1 N–H and O–H groups in total. The van der Waals surface area contributed by atoms with Crippen molar-refractivity contribution in [1.82, 2.24) is 4.72 Å². The van der Waals surface area contributed by atoms with Crippen molar-refractivity contribution in [2.45, 2.75) is 4.90 Å². The van der Waals surface area contributed by atoms with E-state index in [1.54, 1.807) is 0 Å². The van der Waals surface area contributed by atoms with E-state index >= 15 is 0 Å². The van der Waals surface area contributed by atoms with Gasteiger partial charge in [-0.25, -0.2) is 13.1 Å². The normalized spacial score (nSPS) is 11.2. The first-order valence-corrected chi connectivity index (χ1v) is 8.39. The van der Waals surface area contributed by atoms with Crippen LogP contribution in [0, 0.1) is 10.1 Å². The molecule has 0 aromatic heterocycles. The van der Waals surface area contributed by atoms with Crippen LogP contribution in [0.25, 0.3) is 0 Å². The third-order valence-corrected chi connectivity index (χ3v) is 4.77. The van der Waals surface area contributed by atoms with Crippen molar-refractivity contribution < 1.29 is 13.3 Å². The number of rotatable bonds is 7. The van der Waals surface area contributed by atoms with Crippen LogP contribution >= 0.6 is 0 Å². The van der Waals surface area contributed by atoms with E-state index in [1.807, 2.05) is 42.3 Å². The second kappa shape index (κ2) is 7.21. The number of hydrogen-bond donors (Lipinski definition) is 1. The van der Waals surface area contributed by atoms with Gasteiger partial charge in [0, 0.05) is 38.0 Å². The van der Waals surface area contributed by atoms with E-state index in [0.29, 0.717) is 6.54 Å². The molecule has 0 radical (unpaired) electrons. The zero-order valence-corrected chi connectivity index (χ0v) is 13.4. The summed E-state index contributed by atoms with van der Waals surface area (Å²) < 4.78 is 26.7. The molecule has 0 unspecified atom stereocenters. The SMILES string of the molecule is CN(CCNS(=O)(=O)c1ccc([N+](=O)[O-])cc1)c1ccccc1. The van der Waals surface area contributed by atoms with Gasteiger partial charge in [0.25, 0.3) is 5.69 Å². The molecule has 0 aliphatic carbocycles. The van der Waals surface area contributed by atoms with Crippen molar-refractivity contribution in [2.24, 2.45) is 0 Å². The van der Waals surface area contributed by atoms with Crippen LogP contribution in [-0.4, -0.2) is 33.5 Å². The Hall–Kier alpha value is -2.45. The van der Waals surface area contributed by atoms with E-state index in [9.17, 15) is 18.5 Å². The van der Waals surface area contributed by atoms with E-state index in [2.05, 4.69) is 4.72 Å². The summed E-state index contributed by atoms with van der Waals surface area (Å²) in [6.45, 7) is 0.723. The fourth-order valence-electron chi connectivity index (χ4n) is 1.99. The van der Waals surface area contributed by atoms with E-state index in [-0.39, 0.29) is 17.1 Å². The monoisotopic (exact) mass is 335 g/mol. The predicted molar refractivity (Wildman–Crippen MR) is 88.0 cm³/mol. The number of likely N-dealkylation sites (N-methyl/N-ethyl adjacent to an activating group) is 1. The maximum Gasteiger partial charge on any atom is 0.269 e. The van der Waals surface area contributed by atoms with Gasteiger partial charge in [0.05, 0.1) is 9.82 Å². The van der Waals surface area contributed by atoms with Crippen LogP contribution in [0.1, 0.15) is 0 Å². The summed E-state index contributed by atoms with van der Waals surface area (Å²) in [5.74, 6) is 0. The summed E-state index contributed by atoms with van der Waals surface area (Å²) in [5.41, 5.74) is 0.842. The number of nitrogens with zero attached hydrogens (tertiary/aromatic N) is 2. The van der Waals surface area contributed by atoms with Crippen LogP contribution in [0.5, 0.6) is 0 Å². The van der Waals surface area contributed by atoms with Gasteiger partial charge in [0.1, 0.15) is 0 Å². The van der Waals surface area contributed by atoms with Gasteiger partial charge in [0.2, 0.25) is 10.0 Å². The molecule has 2 aromatic carbocycles. The molecule has 7 nitrogen and oxygen atoms in total. The number of hydrogen-bond acceptors (Lipinski definition) is 5. The van der Waals surface area contributed by atoms with Gasteiger partial charge in [-0.15, -0.1) is 0 Å².